The quantitative estimate of drug-likeness (QED) is 0.667. The fourth-order valence-corrected chi connectivity index (χ4v) is 3.63. The number of carbonyl (C=O) groups is 1. The summed E-state index contributed by atoms with van der Waals surface area (Å²) < 4.78 is 26.4. The zero-order valence-electron chi connectivity index (χ0n) is 17.3. The molecule has 1 heterocycles. The number of nitrogens with one attached hydrogen (secondary N) is 2. The highest BCUT2D eigenvalue weighted by Crippen LogP contribution is 2.24. The number of aliphatic hydroxyl groups excluding tert-OH is 1. The van der Waals surface area contributed by atoms with Gasteiger partial charge in [-0.3, -0.25) is 4.79 Å². The van der Waals surface area contributed by atoms with Gasteiger partial charge in [0, 0.05) is 37.9 Å². The average molecular weight is 419 g/mol. The Labute approximate surface area is 174 Å². The van der Waals surface area contributed by atoms with Crippen LogP contribution in [-0.4, -0.2) is 47.2 Å². The van der Waals surface area contributed by atoms with Gasteiger partial charge >= 0.3 is 0 Å². The van der Waals surface area contributed by atoms with Crippen LogP contribution in [0.25, 0.3) is 0 Å². The molecule has 1 amide bonds. The molecule has 0 spiro atoms. The highest BCUT2D eigenvalue weighted by atomic mass is 19.2. The maximum Gasteiger partial charge on any atom is 0.253 e. The molecule has 1 aromatic carbocycles. The molecular formula is C21H27F2N5O2. The molecule has 2 aromatic rings. The van der Waals surface area contributed by atoms with Gasteiger partial charge in [-0.1, -0.05) is 6.07 Å². The first-order valence-electron chi connectivity index (χ1n) is 9.95. The molecule has 1 saturated carbocycles. The Morgan fingerprint density at radius 2 is 1.83 bits per heavy atom. The van der Waals surface area contributed by atoms with Gasteiger partial charge in [0.05, 0.1) is 0 Å². The number of hydrogen-bond donors (Lipinski definition) is 3. The maximum absolute atomic E-state index is 13.3. The summed E-state index contributed by atoms with van der Waals surface area (Å²) in [5.74, 6) is -1.30. The first kappa shape index (κ1) is 21.9. The molecule has 9 heteroatoms. The number of anilines is 2. The highest BCUT2D eigenvalue weighted by molar-refractivity contribution is 5.82. The van der Waals surface area contributed by atoms with Crippen LogP contribution in [0.15, 0.2) is 24.4 Å². The Bertz CT molecular complexity index is 901. The summed E-state index contributed by atoms with van der Waals surface area (Å²) in [6, 6.07) is 3.03. The molecule has 0 saturated heterocycles. The van der Waals surface area contributed by atoms with Gasteiger partial charge in [-0.15, -0.1) is 0 Å². The van der Waals surface area contributed by atoms with Crippen LogP contribution in [0.2, 0.25) is 0 Å². The summed E-state index contributed by atoms with van der Waals surface area (Å²) in [5, 5.41) is 16.3. The molecule has 1 unspecified atom stereocenters. The smallest absolute Gasteiger partial charge is 0.253 e. The molecule has 0 aliphatic heterocycles. The number of amides is 1. The van der Waals surface area contributed by atoms with Crippen molar-refractivity contribution in [3.05, 3.63) is 47.2 Å². The van der Waals surface area contributed by atoms with Crippen molar-refractivity contribution in [2.75, 3.05) is 24.3 Å². The standard InChI is InChI=1S/C21H27F2N5O2/c1-12-11-24-21(27-19(12)28(2)3)26-15-7-5-14(6-8-15)25-20(30)18(29)13-4-9-16(22)17(23)10-13/h4,9-11,14-15,18,29H,5-8H2,1-3H3,(H,25,30)(H,24,26,27)/t14-,15+,18?. The van der Waals surface area contributed by atoms with E-state index in [4.69, 9.17) is 0 Å². The first-order valence-corrected chi connectivity index (χ1v) is 9.95. The lowest BCUT2D eigenvalue weighted by molar-refractivity contribution is -0.130. The Hall–Kier alpha value is -2.81. The minimum absolute atomic E-state index is 0.0231. The Kier molecular flexibility index (Phi) is 6.81. The molecule has 1 aromatic heterocycles. The van der Waals surface area contributed by atoms with Crippen molar-refractivity contribution >= 4 is 17.7 Å². The van der Waals surface area contributed by atoms with Gasteiger partial charge in [-0.2, -0.15) is 4.98 Å². The molecule has 0 radical (unpaired) electrons. The number of benzene rings is 1. The molecule has 1 fully saturated rings. The second kappa shape index (κ2) is 9.34. The number of halogens is 2. The van der Waals surface area contributed by atoms with Crippen LogP contribution in [0.3, 0.4) is 0 Å². The predicted molar refractivity (Wildman–Crippen MR) is 110 cm³/mol. The van der Waals surface area contributed by atoms with Gasteiger partial charge in [0.2, 0.25) is 5.95 Å². The maximum atomic E-state index is 13.3. The molecule has 3 N–H and O–H groups in total. The van der Waals surface area contributed by atoms with Crippen LogP contribution in [0.4, 0.5) is 20.5 Å². The number of aliphatic hydroxyl groups is 1. The van der Waals surface area contributed by atoms with Crippen molar-refractivity contribution in [1.29, 1.82) is 0 Å². The van der Waals surface area contributed by atoms with Crippen LogP contribution in [-0.2, 0) is 4.79 Å². The van der Waals surface area contributed by atoms with Crippen molar-refractivity contribution in [1.82, 2.24) is 15.3 Å². The van der Waals surface area contributed by atoms with Crippen LogP contribution in [0, 0.1) is 18.6 Å². The largest absolute Gasteiger partial charge is 0.378 e. The van der Waals surface area contributed by atoms with E-state index >= 15 is 0 Å². The summed E-state index contributed by atoms with van der Waals surface area (Å²) in [5.41, 5.74) is 1.02. The van der Waals surface area contributed by atoms with Gasteiger partial charge in [-0.05, 0) is 50.3 Å². The van der Waals surface area contributed by atoms with E-state index < -0.39 is 23.6 Å². The lowest BCUT2D eigenvalue weighted by Gasteiger charge is -2.30. The molecule has 162 valence electrons. The van der Waals surface area contributed by atoms with Crippen molar-refractivity contribution in [2.24, 2.45) is 0 Å². The number of rotatable bonds is 6. The molecule has 30 heavy (non-hydrogen) atoms. The zero-order chi connectivity index (χ0) is 21.8. The SMILES string of the molecule is Cc1cnc(N[C@H]2CC[C@@H](NC(=O)C(O)c3ccc(F)c(F)c3)CC2)nc1N(C)C. The number of aryl methyl sites for hydroxylation is 1. The first-order chi connectivity index (χ1) is 14.2. The fraction of sp³-hybridized carbons (Fsp3) is 0.476. The van der Waals surface area contributed by atoms with E-state index in [0.29, 0.717) is 5.95 Å². The van der Waals surface area contributed by atoms with E-state index in [2.05, 4.69) is 20.6 Å². The number of aromatic nitrogens is 2. The fourth-order valence-electron chi connectivity index (χ4n) is 3.63. The molecule has 3 rings (SSSR count). The summed E-state index contributed by atoms with van der Waals surface area (Å²) in [4.78, 5) is 23.1. The van der Waals surface area contributed by atoms with E-state index in [1.807, 2.05) is 25.9 Å². The Morgan fingerprint density at radius 3 is 2.47 bits per heavy atom. The van der Waals surface area contributed by atoms with Gasteiger partial charge in [0.15, 0.2) is 17.7 Å². The number of carbonyl (C=O) groups excluding carboxylic acids is 1. The van der Waals surface area contributed by atoms with Crippen molar-refractivity contribution in [3.63, 3.8) is 0 Å². The van der Waals surface area contributed by atoms with Crippen LogP contribution < -0.4 is 15.5 Å². The Morgan fingerprint density at radius 1 is 1.17 bits per heavy atom. The summed E-state index contributed by atoms with van der Waals surface area (Å²) >= 11 is 0. The van der Waals surface area contributed by atoms with E-state index in [9.17, 15) is 18.7 Å². The second-order valence-corrected chi connectivity index (χ2v) is 7.87. The molecule has 1 aliphatic rings. The zero-order valence-corrected chi connectivity index (χ0v) is 17.3. The molecule has 7 nitrogen and oxygen atoms in total. The number of nitrogens with zero attached hydrogens (tertiary/aromatic N) is 3. The lowest BCUT2D eigenvalue weighted by atomic mass is 9.91. The summed E-state index contributed by atoms with van der Waals surface area (Å²) in [6.45, 7) is 1.96. The molecule has 1 atom stereocenters. The summed E-state index contributed by atoms with van der Waals surface area (Å²) in [7, 11) is 3.86. The van der Waals surface area contributed by atoms with Crippen molar-refractivity contribution < 1.29 is 18.7 Å². The van der Waals surface area contributed by atoms with Crippen molar-refractivity contribution in [3.8, 4) is 0 Å². The normalized spacial score (nSPS) is 19.8. The minimum Gasteiger partial charge on any atom is -0.378 e. The van der Waals surface area contributed by atoms with E-state index in [-0.39, 0.29) is 17.6 Å². The van der Waals surface area contributed by atoms with Crippen LogP contribution >= 0.6 is 0 Å². The van der Waals surface area contributed by atoms with Gasteiger partial charge < -0.3 is 20.6 Å². The van der Waals surface area contributed by atoms with E-state index in [1.54, 1.807) is 6.20 Å². The number of hydrogen-bond acceptors (Lipinski definition) is 6. The van der Waals surface area contributed by atoms with Gasteiger partial charge in [-0.25, -0.2) is 13.8 Å². The topological polar surface area (TPSA) is 90.4 Å². The third-order valence-electron chi connectivity index (χ3n) is 5.28. The predicted octanol–water partition coefficient (Wildman–Crippen LogP) is 2.70. The second-order valence-electron chi connectivity index (χ2n) is 7.87. The van der Waals surface area contributed by atoms with E-state index in [1.165, 1.54) is 6.07 Å². The van der Waals surface area contributed by atoms with Gasteiger partial charge in [0.25, 0.3) is 5.91 Å². The van der Waals surface area contributed by atoms with Gasteiger partial charge in [0.1, 0.15) is 5.82 Å². The third-order valence-corrected chi connectivity index (χ3v) is 5.28. The van der Waals surface area contributed by atoms with Crippen molar-refractivity contribution in [2.45, 2.75) is 50.8 Å². The highest BCUT2D eigenvalue weighted by Gasteiger charge is 2.26. The molecule has 1 aliphatic carbocycles. The Balaban J connectivity index is 1.51. The van der Waals surface area contributed by atoms with Crippen LogP contribution in [0.5, 0.6) is 0 Å². The minimum atomic E-state index is -1.54. The van der Waals surface area contributed by atoms with Crippen LogP contribution in [0.1, 0.15) is 42.9 Å². The third kappa shape index (κ3) is 5.21. The average Bonchev–Trinajstić information content (AvgIpc) is 2.72. The lowest BCUT2D eigenvalue weighted by Crippen LogP contribution is -2.42. The monoisotopic (exact) mass is 419 g/mol. The molecule has 0 bridgehead atoms. The summed E-state index contributed by atoms with van der Waals surface area (Å²) in [6.07, 6.45) is 3.31. The molecular weight excluding hydrogens is 392 g/mol. The van der Waals surface area contributed by atoms with E-state index in [0.717, 1.165) is 49.2 Å².